The Kier molecular flexibility index (Phi) is 9.49. The summed E-state index contributed by atoms with van der Waals surface area (Å²) in [5.41, 5.74) is 7.63. The molecule has 2 aliphatic carbocycles. The van der Waals surface area contributed by atoms with Gasteiger partial charge in [-0.1, -0.05) is 140 Å². The van der Waals surface area contributed by atoms with Crippen LogP contribution in [0, 0.1) is 16.7 Å². The minimum absolute atomic E-state index is 0.0781. The lowest BCUT2D eigenvalue weighted by Crippen LogP contribution is -2.37. The van der Waals surface area contributed by atoms with Crippen LogP contribution in [0.2, 0.25) is 0 Å². The fraction of sp³-hybridized carbons (Fsp3) is 0.419. The Labute approximate surface area is 274 Å². The summed E-state index contributed by atoms with van der Waals surface area (Å²) in [6.45, 7) is 12.1. The SMILES string of the molecule is CCCCCCCCC1C=CC(C[P+](c2ccccc2)(c2ccccc2)c2ccccc2)=C2N=C3C(=C21)CC(C)(C)CC3(C)C. The highest BCUT2D eigenvalue weighted by Gasteiger charge is 2.49. The maximum Gasteiger partial charge on any atom is 0.116 e. The lowest BCUT2D eigenvalue weighted by atomic mass is 9.61. The molecule has 0 radical (unpaired) electrons. The van der Waals surface area contributed by atoms with Crippen LogP contribution in [0.1, 0.15) is 92.4 Å². The molecule has 0 bridgehead atoms. The standard InChI is InChI=1S/C43H53NP/c1-6-7-8-9-10-14-21-33-28-29-34(40-39(33)38-30-42(2,3)32-43(4,5)41(38)44-40)31-45(35-22-15-11-16-23-35,36-24-17-12-18-25-36)37-26-19-13-20-27-37/h11-13,15-20,22-29,33H,6-10,14,21,30-32H2,1-5H3/q+1. The highest BCUT2D eigenvalue weighted by molar-refractivity contribution is 7.95. The Hall–Kier alpha value is -3.02. The Bertz CT molecular complexity index is 1490. The largest absolute Gasteiger partial charge is 0.252 e. The first-order chi connectivity index (χ1) is 21.7. The van der Waals surface area contributed by atoms with Crippen molar-refractivity contribution in [2.75, 3.05) is 6.16 Å². The van der Waals surface area contributed by atoms with Crippen LogP contribution in [0.5, 0.6) is 0 Å². The minimum atomic E-state index is -2.03. The van der Waals surface area contributed by atoms with Crippen molar-refractivity contribution in [1.29, 1.82) is 0 Å². The molecular weight excluding hydrogens is 561 g/mol. The lowest BCUT2D eigenvalue weighted by Gasteiger charge is -2.42. The summed E-state index contributed by atoms with van der Waals surface area (Å²) in [5, 5.41) is 4.32. The van der Waals surface area contributed by atoms with Gasteiger partial charge < -0.3 is 0 Å². The highest BCUT2D eigenvalue weighted by atomic mass is 31.2. The third-order valence-corrected chi connectivity index (χ3v) is 14.7. The third-order valence-electron chi connectivity index (χ3n) is 10.4. The zero-order chi connectivity index (χ0) is 31.5. The van der Waals surface area contributed by atoms with Crippen molar-refractivity contribution < 1.29 is 0 Å². The molecule has 3 aromatic rings. The summed E-state index contributed by atoms with van der Waals surface area (Å²) in [5.74, 6) is 0.466. The molecule has 0 spiro atoms. The lowest BCUT2D eigenvalue weighted by molar-refractivity contribution is 0.233. The number of hydrogen-bond donors (Lipinski definition) is 0. The zero-order valence-corrected chi connectivity index (χ0v) is 29.3. The van der Waals surface area contributed by atoms with E-state index < -0.39 is 7.26 Å². The van der Waals surface area contributed by atoms with E-state index in [4.69, 9.17) is 4.99 Å². The first-order valence-corrected chi connectivity index (χ1v) is 19.5. The molecule has 1 unspecified atom stereocenters. The topological polar surface area (TPSA) is 12.4 Å². The van der Waals surface area contributed by atoms with Crippen molar-refractivity contribution in [3.05, 3.63) is 126 Å². The van der Waals surface area contributed by atoms with Crippen LogP contribution >= 0.6 is 7.26 Å². The highest BCUT2D eigenvalue weighted by Crippen LogP contribution is 2.59. The van der Waals surface area contributed by atoms with Gasteiger partial charge in [-0.05, 0) is 72.2 Å². The van der Waals surface area contributed by atoms with Gasteiger partial charge in [0.1, 0.15) is 29.3 Å². The van der Waals surface area contributed by atoms with Gasteiger partial charge in [-0.15, -0.1) is 0 Å². The van der Waals surface area contributed by atoms with Gasteiger partial charge in [0.25, 0.3) is 0 Å². The molecule has 1 saturated carbocycles. The average Bonchev–Trinajstić information content (AvgIpc) is 3.43. The molecule has 6 rings (SSSR count). The number of benzene rings is 3. The van der Waals surface area contributed by atoms with E-state index in [0.29, 0.717) is 5.92 Å². The molecule has 3 aliphatic rings. The van der Waals surface area contributed by atoms with E-state index in [1.807, 2.05) is 0 Å². The number of hydrogen-bond acceptors (Lipinski definition) is 1. The van der Waals surface area contributed by atoms with E-state index in [2.05, 4.69) is 138 Å². The molecule has 0 aromatic heterocycles. The predicted octanol–water partition coefficient (Wildman–Crippen LogP) is 10.8. The summed E-state index contributed by atoms with van der Waals surface area (Å²) in [4.78, 5) is 5.70. The van der Waals surface area contributed by atoms with Crippen LogP contribution < -0.4 is 15.9 Å². The van der Waals surface area contributed by atoms with E-state index in [1.165, 1.54) is 84.3 Å². The maximum absolute atomic E-state index is 5.70. The van der Waals surface area contributed by atoms with E-state index in [0.717, 1.165) is 12.6 Å². The molecule has 3 aromatic carbocycles. The number of nitrogens with zero attached hydrogens (tertiary/aromatic N) is 1. The molecule has 1 atom stereocenters. The minimum Gasteiger partial charge on any atom is -0.252 e. The van der Waals surface area contributed by atoms with Crippen molar-refractivity contribution in [3.8, 4) is 0 Å². The molecule has 0 saturated heterocycles. The van der Waals surface area contributed by atoms with Gasteiger partial charge in [0, 0.05) is 16.9 Å². The number of aliphatic imine (C=N–C) groups is 1. The quantitative estimate of drug-likeness (QED) is 0.142. The summed E-state index contributed by atoms with van der Waals surface area (Å²) in [6, 6.07) is 34.1. The fourth-order valence-corrected chi connectivity index (χ4v) is 12.9. The second-order valence-electron chi connectivity index (χ2n) is 15.1. The van der Waals surface area contributed by atoms with Crippen LogP contribution in [-0.4, -0.2) is 11.9 Å². The van der Waals surface area contributed by atoms with Crippen LogP contribution in [0.3, 0.4) is 0 Å². The average molecular weight is 615 g/mol. The van der Waals surface area contributed by atoms with Crippen molar-refractivity contribution >= 4 is 28.9 Å². The van der Waals surface area contributed by atoms with Gasteiger partial charge >= 0.3 is 0 Å². The van der Waals surface area contributed by atoms with Crippen LogP contribution in [0.25, 0.3) is 0 Å². The van der Waals surface area contributed by atoms with Crippen LogP contribution in [0.15, 0.2) is 131 Å². The predicted molar refractivity (Wildman–Crippen MR) is 199 cm³/mol. The second-order valence-corrected chi connectivity index (χ2v) is 18.6. The van der Waals surface area contributed by atoms with E-state index in [9.17, 15) is 0 Å². The Morgan fingerprint density at radius 2 is 1.24 bits per heavy atom. The van der Waals surface area contributed by atoms with Crippen molar-refractivity contribution in [1.82, 2.24) is 0 Å². The summed E-state index contributed by atoms with van der Waals surface area (Å²) < 4.78 is 0. The summed E-state index contributed by atoms with van der Waals surface area (Å²) in [7, 11) is -2.03. The van der Waals surface area contributed by atoms with Crippen LogP contribution in [0.4, 0.5) is 0 Å². The van der Waals surface area contributed by atoms with Gasteiger partial charge in [-0.3, -0.25) is 4.99 Å². The second kappa shape index (κ2) is 13.4. The molecule has 1 nitrogen and oxygen atoms in total. The molecule has 1 fully saturated rings. The molecule has 1 heterocycles. The molecule has 0 N–H and O–H groups in total. The number of rotatable bonds is 12. The first kappa shape index (κ1) is 31.9. The first-order valence-electron chi connectivity index (χ1n) is 17.5. The Morgan fingerprint density at radius 3 is 1.80 bits per heavy atom. The van der Waals surface area contributed by atoms with Crippen molar-refractivity contribution in [2.45, 2.75) is 92.4 Å². The zero-order valence-electron chi connectivity index (χ0n) is 28.4. The van der Waals surface area contributed by atoms with E-state index in [1.54, 1.807) is 11.1 Å². The smallest absolute Gasteiger partial charge is 0.116 e. The fourth-order valence-electron chi connectivity index (χ4n) is 8.66. The molecule has 234 valence electrons. The summed E-state index contributed by atoms with van der Waals surface area (Å²) >= 11 is 0. The van der Waals surface area contributed by atoms with Gasteiger partial charge in [0.15, 0.2) is 0 Å². The molecule has 2 heteroatoms. The molecule has 1 aliphatic heterocycles. The maximum atomic E-state index is 5.70. The van der Waals surface area contributed by atoms with E-state index >= 15 is 0 Å². The number of fused-ring (bicyclic) bond motifs is 2. The molecular formula is C43H53NP+. The van der Waals surface area contributed by atoms with Crippen LogP contribution in [-0.2, 0) is 0 Å². The Morgan fingerprint density at radius 1 is 0.711 bits per heavy atom. The van der Waals surface area contributed by atoms with Gasteiger partial charge in [-0.2, -0.15) is 0 Å². The van der Waals surface area contributed by atoms with E-state index in [-0.39, 0.29) is 10.8 Å². The Balaban J connectivity index is 1.49. The monoisotopic (exact) mass is 614 g/mol. The van der Waals surface area contributed by atoms with Crippen molar-refractivity contribution in [3.63, 3.8) is 0 Å². The molecule has 0 amide bonds. The van der Waals surface area contributed by atoms with Crippen molar-refractivity contribution in [2.24, 2.45) is 21.7 Å². The third kappa shape index (κ3) is 6.49. The van der Waals surface area contributed by atoms with Gasteiger partial charge in [0.05, 0.1) is 11.4 Å². The number of unbranched alkanes of at least 4 members (excludes halogenated alkanes) is 5. The molecule has 45 heavy (non-hydrogen) atoms. The van der Waals surface area contributed by atoms with Gasteiger partial charge in [-0.25, -0.2) is 0 Å². The normalized spacial score (nSPS) is 20.2. The van der Waals surface area contributed by atoms with Gasteiger partial charge in [0.2, 0.25) is 0 Å². The summed E-state index contributed by atoms with van der Waals surface area (Å²) in [6.07, 6.45) is 17.7. The number of allylic oxidation sites excluding steroid dienone is 5.